The van der Waals surface area contributed by atoms with Crippen molar-refractivity contribution in [1.29, 1.82) is 0 Å². The Hall–Kier alpha value is -2.94. The first kappa shape index (κ1) is 21.3. The number of rotatable bonds is 4. The molecule has 0 atom stereocenters. The molecule has 3 aromatic rings. The molecule has 0 aliphatic carbocycles. The number of likely N-dealkylation sites (tertiary alicyclic amines) is 1. The molecule has 0 bridgehead atoms. The molecule has 1 amide bonds. The van der Waals surface area contributed by atoms with E-state index in [1.807, 2.05) is 35.2 Å². The number of aryl methyl sites for hydroxylation is 1. The summed E-state index contributed by atoms with van der Waals surface area (Å²) in [4.78, 5) is 49.2. The van der Waals surface area contributed by atoms with Crippen LogP contribution < -0.4 is 11.2 Å². The zero-order valence-corrected chi connectivity index (χ0v) is 18.7. The van der Waals surface area contributed by atoms with Crippen LogP contribution in [0, 0.1) is 5.92 Å². The van der Waals surface area contributed by atoms with Crippen molar-refractivity contribution in [3.63, 3.8) is 0 Å². The van der Waals surface area contributed by atoms with Gasteiger partial charge in [0.1, 0.15) is 10.4 Å². The van der Waals surface area contributed by atoms with E-state index in [0.717, 1.165) is 36.1 Å². The Labute approximate surface area is 183 Å². The monoisotopic (exact) mass is 439 g/mol. The molecule has 0 saturated carbocycles. The third-order valence-corrected chi connectivity index (χ3v) is 6.73. The van der Waals surface area contributed by atoms with Crippen LogP contribution in [0.15, 0.2) is 44.9 Å². The number of piperidine rings is 1. The fourth-order valence-electron chi connectivity index (χ4n) is 3.73. The van der Waals surface area contributed by atoms with Gasteiger partial charge in [0.2, 0.25) is 5.91 Å². The van der Waals surface area contributed by atoms with Crippen molar-refractivity contribution < 1.29 is 4.79 Å². The van der Waals surface area contributed by atoms with Gasteiger partial charge in [-0.1, -0.05) is 49.0 Å². The average Bonchev–Trinajstić information content (AvgIpc) is 2.80. The molecule has 9 heteroatoms. The first-order valence-electron chi connectivity index (χ1n) is 10.3. The predicted molar refractivity (Wildman–Crippen MR) is 121 cm³/mol. The predicted octanol–water partition coefficient (Wildman–Crippen LogP) is 2.04. The fraction of sp³-hybridized carbons (Fsp3) is 0.409. The molecule has 2 aromatic heterocycles. The van der Waals surface area contributed by atoms with Crippen LogP contribution in [0.2, 0.25) is 0 Å². The maximum absolute atomic E-state index is 12.9. The van der Waals surface area contributed by atoms with E-state index < -0.39 is 11.2 Å². The summed E-state index contributed by atoms with van der Waals surface area (Å²) >= 11 is 1.23. The van der Waals surface area contributed by atoms with Crippen molar-refractivity contribution in [3.8, 4) is 11.4 Å². The van der Waals surface area contributed by atoms with E-state index in [0.29, 0.717) is 16.8 Å². The van der Waals surface area contributed by atoms with Crippen LogP contribution in [0.3, 0.4) is 0 Å². The smallest absolute Gasteiger partial charge is 0.332 e. The fourth-order valence-corrected chi connectivity index (χ4v) is 4.65. The number of carbonyl (C=O) groups is 1. The van der Waals surface area contributed by atoms with Crippen molar-refractivity contribution in [1.82, 2.24) is 24.0 Å². The molecule has 1 aromatic carbocycles. The van der Waals surface area contributed by atoms with Gasteiger partial charge in [-0.15, -0.1) is 0 Å². The van der Waals surface area contributed by atoms with E-state index in [4.69, 9.17) is 0 Å². The van der Waals surface area contributed by atoms with E-state index in [-0.39, 0.29) is 22.7 Å². The molecule has 3 heterocycles. The zero-order valence-electron chi connectivity index (χ0n) is 17.9. The normalized spacial score (nSPS) is 14.9. The standard InChI is InChI=1S/C22H25N5O3S/c1-14-9-11-27(12-10-14)16(28)13-31-20-17-19(25(2)22(30)26(3)21(17)29)23-18(24-20)15-7-5-4-6-8-15/h4-8,14H,9-13H2,1-3H3. The second kappa shape index (κ2) is 8.66. The first-order chi connectivity index (χ1) is 14.9. The highest BCUT2D eigenvalue weighted by Crippen LogP contribution is 2.27. The molecule has 1 fully saturated rings. The molecular weight excluding hydrogens is 414 g/mol. The minimum absolute atomic E-state index is 0.0339. The molecule has 0 spiro atoms. The number of benzene rings is 1. The summed E-state index contributed by atoms with van der Waals surface area (Å²) < 4.78 is 2.40. The largest absolute Gasteiger partial charge is 0.342 e. The Kier molecular flexibility index (Phi) is 5.95. The van der Waals surface area contributed by atoms with Gasteiger partial charge in [0, 0.05) is 32.7 Å². The van der Waals surface area contributed by atoms with Crippen LogP contribution in [-0.2, 0) is 18.9 Å². The molecule has 0 radical (unpaired) electrons. The minimum Gasteiger partial charge on any atom is -0.342 e. The number of fused-ring (bicyclic) bond motifs is 1. The van der Waals surface area contributed by atoms with Gasteiger partial charge in [0.25, 0.3) is 5.56 Å². The molecule has 162 valence electrons. The molecule has 31 heavy (non-hydrogen) atoms. The van der Waals surface area contributed by atoms with Crippen molar-refractivity contribution in [2.45, 2.75) is 24.8 Å². The summed E-state index contributed by atoms with van der Waals surface area (Å²) in [5, 5.41) is 0.674. The van der Waals surface area contributed by atoms with Gasteiger partial charge in [0.15, 0.2) is 11.5 Å². The molecule has 1 aliphatic heterocycles. The zero-order chi connectivity index (χ0) is 22.1. The third-order valence-electron chi connectivity index (χ3n) is 5.77. The molecule has 1 aliphatic rings. The first-order valence-corrected chi connectivity index (χ1v) is 11.3. The highest BCUT2D eigenvalue weighted by atomic mass is 32.2. The van der Waals surface area contributed by atoms with Crippen LogP contribution in [0.1, 0.15) is 19.8 Å². The number of thioether (sulfide) groups is 1. The van der Waals surface area contributed by atoms with Gasteiger partial charge in [-0.3, -0.25) is 18.7 Å². The van der Waals surface area contributed by atoms with E-state index in [9.17, 15) is 14.4 Å². The minimum atomic E-state index is -0.459. The van der Waals surface area contributed by atoms with Crippen molar-refractivity contribution in [2.24, 2.45) is 20.0 Å². The highest BCUT2D eigenvalue weighted by molar-refractivity contribution is 8.00. The lowest BCUT2D eigenvalue weighted by Gasteiger charge is -2.30. The summed E-state index contributed by atoms with van der Waals surface area (Å²) in [6.45, 7) is 3.72. The van der Waals surface area contributed by atoms with Crippen LogP contribution in [-0.4, -0.2) is 48.8 Å². The van der Waals surface area contributed by atoms with Gasteiger partial charge in [-0.2, -0.15) is 0 Å². The second-order valence-electron chi connectivity index (χ2n) is 7.97. The Morgan fingerprint density at radius 2 is 1.74 bits per heavy atom. The van der Waals surface area contributed by atoms with Crippen LogP contribution in [0.4, 0.5) is 0 Å². The van der Waals surface area contributed by atoms with Crippen molar-refractivity contribution >= 4 is 28.7 Å². The molecule has 0 unspecified atom stereocenters. The second-order valence-corrected chi connectivity index (χ2v) is 8.94. The summed E-state index contributed by atoms with van der Waals surface area (Å²) in [6, 6.07) is 9.38. The topological polar surface area (TPSA) is 90.1 Å². The molecule has 0 N–H and O–H groups in total. The van der Waals surface area contributed by atoms with Gasteiger partial charge in [0.05, 0.1) is 5.75 Å². The summed E-state index contributed by atoms with van der Waals surface area (Å²) in [7, 11) is 3.02. The SMILES string of the molecule is CC1CCN(C(=O)CSc2nc(-c3ccccc3)nc3c2c(=O)n(C)c(=O)n3C)CC1. The lowest BCUT2D eigenvalue weighted by molar-refractivity contribution is -0.129. The maximum atomic E-state index is 12.9. The number of nitrogens with zero attached hydrogens (tertiary/aromatic N) is 5. The number of hydrogen-bond acceptors (Lipinski definition) is 6. The molecular formula is C22H25N5O3S. The molecule has 4 rings (SSSR count). The van der Waals surface area contributed by atoms with E-state index in [1.54, 1.807) is 7.05 Å². The Balaban J connectivity index is 1.76. The Bertz CT molecular complexity index is 1240. The molecule has 1 saturated heterocycles. The summed E-state index contributed by atoms with van der Waals surface area (Å²) in [6.07, 6.45) is 2.02. The van der Waals surface area contributed by atoms with Crippen LogP contribution >= 0.6 is 11.8 Å². The van der Waals surface area contributed by atoms with Crippen LogP contribution in [0.5, 0.6) is 0 Å². The van der Waals surface area contributed by atoms with Crippen molar-refractivity contribution in [2.75, 3.05) is 18.8 Å². The number of hydrogen-bond donors (Lipinski definition) is 0. The van der Waals surface area contributed by atoms with Gasteiger partial charge in [-0.05, 0) is 18.8 Å². The van der Waals surface area contributed by atoms with Crippen LogP contribution in [0.25, 0.3) is 22.4 Å². The lowest BCUT2D eigenvalue weighted by Crippen LogP contribution is -2.39. The molecule has 8 nitrogen and oxygen atoms in total. The lowest BCUT2D eigenvalue weighted by atomic mass is 9.99. The summed E-state index contributed by atoms with van der Waals surface area (Å²) in [5.41, 5.74) is 0.128. The number of aromatic nitrogens is 4. The highest BCUT2D eigenvalue weighted by Gasteiger charge is 2.23. The van der Waals surface area contributed by atoms with E-state index >= 15 is 0 Å². The quantitative estimate of drug-likeness (QED) is 0.457. The third kappa shape index (κ3) is 4.14. The number of amides is 1. The van der Waals surface area contributed by atoms with Gasteiger partial charge in [-0.25, -0.2) is 14.8 Å². The number of carbonyl (C=O) groups excluding carboxylic acids is 1. The maximum Gasteiger partial charge on any atom is 0.332 e. The summed E-state index contributed by atoms with van der Waals surface area (Å²) in [5.74, 6) is 1.27. The van der Waals surface area contributed by atoms with Crippen molar-refractivity contribution in [3.05, 3.63) is 51.2 Å². The Morgan fingerprint density at radius 1 is 1.06 bits per heavy atom. The van der Waals surface area contributed by atoms with E-state index in [2.05, 4.69) is 16.9 Å². The van der Waals surface area contributed by atoms with E-state index in [1.165, 1.54) is 23.4 Å². The van der Waals surface area contributed by atoms with Gasteiger partial charge < -0.3 is 4.90 Å². The average molecular weight is 440 g/mol. The van der Waals surface area contributed by atoms with Gasteiger partial charge >= 0.3 is 5.69 Å². The Morgan fingerprint density at radius 3 is 2.42 bits per heavy atom.